The van der Waals surface area contributed by atoms with E-state index in [4.69, 9.17) is 0 Å². The standard InChI is InChI=1S/C7H4F6N2/c8-6(9,10)3-4-1-2-14-5(15-4)7(11,12)13/h1-2H,3H2. The summed E-state index contributed by atoms with van der Waals surface area (Å²) in [6.07, 6.45) is -10.3. The van der Waals surface area contributed by atoms with E-state index in [1.54, 1.807) is 0 Å². The molecule has 84 valence electrons. The highest BCUT2D eigenvalue weighted by Gasteiger charge is 2.36. The number of aromatic nitrogens is 2. The van der Waals surface area contributed by atoms with Crippen molar-refractivity contribution in [3.05, 3.63) is 23.8 Å². The zero-order valence-electron chi connectivity index (χ0n) is 7.02. The first-order valence-corrected chi connectivity index (χ1v) is 3.64. The molecule has 2 nitrogen and oxygen atoms in total. The summed E-state index contributed by atoms with van der Waals surface area (Å²) < 4.78 is 71.5. The minimum absolute atomic E-state index is 0.650. The Labute approximate surface area is 80.0 Å². The molecule has 0 radical (unpaired) electrons. The van der Waals surface area contributed by atoms with Crippen LogP contribution in [0.3, 0.4) is 0 Å². The van der Waals surface area contributed by atoms with Gasteiger partial charge in [-0.1, -0.05) is 0 Å². The largest absolute Gasteiger partial charge is 0.451 e. The summed E-state index contributed by atoms with van der Waals surface area (Å²) in [5, 5.41) is 0. The monoisotopic (exact) mass is 230 g/mol. The molecule has 1 aromatic rings. The lowest BCUT2D eigenvalue weighted by Crippen LogP contribution is -2.16. The van der Waals surface area contributed by atoms with Crippen LogP contribution in [0.4, 0.5) is 26.3 Å². The van der Waals surface area contributed by atoms with Crippen LogP contribution in [0.5, 0.6) is 0 Å². The normalized spacial score (nSPS) is 12.9. The predicted molar refractivity (Wildman–Crippen MR) is 36.8 cm³/mol. The van der Waals surface area contributed by atoms with Crippen LogP contribution in [-0.4, -0.2) is 16.1 Å². The van der Waals surface area contributed by atoms with Crippen molar-refractivity contribution in [2.24, 2.45) is 0 Å². The highest BCUT2D eigenvalue weighted by atomic mass is 19.4. The lowest BCUT2D eigenvalue weighted by Gasteiger charge is -2.08. The van der Waals surface area contributed by atoms with Crippen molar-refractivity contribution in [1.82, 2.24) is 9.97 Å². The zero-order valence-corrected chi connectivity index (χ0v) is 7.02. The van der Waals surface area contributed by atoms with Gasteiger partial charge < -0.3 is 0 Å². The maximum atomic E-state index is 12.0. The molecule has 0 aliphatic carbocycles. The summed E-state index contributed by atoms with van der Waals surface area (Å²) >= 11 is 0. The van der Waals surface area contributed by atoms with Gasteiger partial charge in [-0.3, -0.25) is 0 Å². The highest BCUT2D eigenvalue weighted by Crippen LogP contribution is 2.27. The summed E-state index contributed by atoms with van der Waals surface area (Å²) in [5.41, 5.74) is -0.704. The Morgan fingerprint density at radius 3 is 2.13 bits per heavy atom. The van der Waals surface area contributed by atoms with Gasteiger partial charge in [-0.2, -0.15) is 26.3 Å². The average Bonchev–Trinajstić information content (AvgIpc) is 1.99. The topological polar surface area (TPSA) is 25.8 Å². The number of hydrogen-bond acceptors (Lipinski definition) is 2. The van der Waals surface area contributed by atoms with Gasteiger partial charge in [0.05, 0.1) is 12.1 Å². The summed E-state index contributed by atoms with van der Waals surface area (Å²) in [5.74, 6) is -1.57. The molecular weight excluding hydrogens is 226 g/mol. The van der Waals surface area contributed by atoms with E-state index in [0.717, 1.165) is 6.07 Å². The molecule has 0 atom stereocenters. The van der Waals surface area contributed by atoms with Crippen LogP contribution in [0.15, 0.2) is 12.3 Å². The van der Waals surface area contributed by atoms with E-state index >= 15 is 0 Å². The van der Waals surface area contributed by atoms with E-state index in [1.807, 2.05) is 0 Å². The van der Waals surface area contributed by atoms with E-state index in [2.05, 4.69) is 9.97 Å². The molecule has 0 saturated heterocycles. The molecule has 0 fully saturated rings. The minimum Gasteiger partial charge on any atom is -0.233 e. The van der Waals surface area contributed by atoms with Gasteiger partial charge in [-0.25, -0.2) is 9.97 Å². The molecule has 0 aromatic carbocycles. The number of rotatable bonds is 1. The summed E-state index contributed by atoms with van der Waals surface area (Å²) in [4.78, 5) is 5.61. The van der Waals surface area contributed by atoms with Crippen LogP contribution in [0.25, 0.3) is 0 Å². The van der Waals surface area contributed by atoms with E-state index in [-0.39, 0.29) is 0 Å². The first-order valence-electron chi connectivity index (χ1n) is 3.64. The number of halogens is 6. The van der Waals surface area contributed by atoms with Gasteiger partial charge >= 0.3 is 12.4 Å². The van der Waals surface area contributed by atoms with Crippen molar-refractivity contribution >= 4 is 0 Å². The third-order valence-corrected chi connectivity index (χ3v) is 1.35. The number of alkyl halides is 6. The Hall–Kier alpha value is -1.34. The molecule has 1 aromatic heterocycles. The predicted octanol–water partition coefficient (Wildman–Crippen LogP) is 2.60. The molecule has 0 unspecified atom stereocenters. The van der Waals surface area contributed by atoms with Gasteiger partial charge in [0.15, 0.2) is 0 Å². The summed E-state index contributed by atoms with van der Waals surface area (Å²) in [7, 11) is 0. The Morgan fingerprint density at radius 1 is 1.07 bits per heavy atom. The highest BCUT2D eigenvalue weighted by molar-refractivity contribution is 5.05. The molecule has 0 saturated carbocycles. The van der Waals surface area contributed by atoms with E-state index < -0.39 is 30.3 Å². The van der Waals surface area contributed by atoms with Crippen molar-refractivity contribution in [3.8, 4) is 0 Å². The van der Waals surface area contributed by atoms with Gasteiger partial charge in [-0.15, -0.1) is 0 Å². The van der Waals surface area contributed by atoms with E-state index in [9.17, 15) is 26.3 Å². The third kappa shape index (κ3) is 3.72. The quantitative estimate of drug-likeness (QED) is 0.693. The maximum absolute atomic E-state index is 12.0. The maximum Gasteiger partial charge on any atom is 0.451 e. The average molecular weight is 230 g/mol. The molecule has 8 heteroatoms. The first-order chi connectivity index (χ1) is 6.68. The van der Waals surface area contributed by atoms with Crippen molar-refractivity contribution in [1.29, 1.82) is 0 Å². The van der Waals surface area contributed by atoms with Crippen molar-refractivity contribution in [2.45, 2.75) is 18.8 Å². The lowest BCUT2D eigenvalue weighted by atomic mass is 10.3. The Morgan fingerprint density at radius 2 is 1.67 bits per heavy atom. The molecule has 0 aliphatic rings. The Kier molecular flexibility index (Phi) is 2.87. The fraction of sp³-hybridized carbons (Fsp3) is 0.429. The van der Waals surface area contributed by atoms with Crippen LogP contribution in [0, 0.1) is 0 Å². The molecule has 1 rings (SSSR count). The second-order valence-electron chi connectivity index (χ2n) is 2.66. The summed E-state index contributed by atoms with van der Waals surface area (Å²) in [6.45, 7) is 0. The molecule has 0 N–H and O–H groups in total. The van der Waals surface area contributed by atoms with Crippen molar-refractivity contribution in [3.63, 3.8) is 0 Å². The Bertz CT molecular complexity index is 342. The van der Waals surface area contributed by atoms with Gasteiger partial charge in [0.2, 0.25) is 5.82 Å². The van der Waals surface area contributed by atoms with Crippen LogP contribution in [0.2, 0.25) is 0 Å². The molecule has 15 heavy (non-hydrogen) atoms. The molecule has 0 bridgehead atoms. The zero-order chi connectivity index (χ0) is 11.7. The number of hydrogen-bond donors (Lipinski definition) is 0. The van der Waals surface area contributed by atoms with Crippen molar-refractivity contribution in [2.75, 3.05) is 0 Å². The van der Waals surface area contributed by atoms with E-state index in [0.29, 0.717) is 6.20 Å². The minimum atomic E-state index is -4.83. The fourth-order valence-corrected chi connectivity index (χ4v) is 0.836. The van der Waals surface area contributed by atoms with E-state index in [1.165, 1.54) is 0 Å². The van der Waals surface area contributed by atoms with Gasteiger partial charge in [0, 0.05) is 6.20 Å². The van der Waals surface area contributed by atoms with Gasteiger partial charge in [0.25, 0.3) is 0 Å². The second kappa shape index (κ2) is 3.67. The Balaban J connectivity index is 2.94. The molecular formula is C7H4F6N2. The molecule has 0 amide bonds. The first kappa shape index (κ1) is 11.7. The molecule has 0 spiro atoms. The molecule has 1 heterocycles. The second-order valence-corrected chi connectivity index (χ2v) is 2.66. The van der Waals surface area contributed by atoms with Crippen LogP contribution in [-0.2, 0) is 12.6 Å². The van der Waals surface area contributed by atoms with Crippen molar-refractivity contribution < 1.29 is 26.3 Å². The van der Waals surface area contributed by atoms with Crippen LogP contribution < -0.4 is 0 Å². The van der Waals surface area contributed by atoms with Crippen LogP contribution >= 0.6 is 0 Å². The lowest BCUT2D eigenvalue weighted by molar-refractivity contribution is -0.146. The molecule has 0 aliphatic heterocycles. The fourth-order valence-electron chi connectivity index (χ4n) is 0.836. The van der Waals surface area contributed by atoms with Gasteiger partial charge in [0.1, 0.15) is 0 Å². The van der Waals surface area contributed by atoms with Crippen LogP contribution in [0.1, 0.15) is 11.5 Å². The third-order valence-electron chi connectivity index (χ3n) is 1.35. The summed E-state index contributed by atoms with van der Waals surface area (Å²) in [6, 6.07) is 0.794. The number of nitrogens with zero attached hydrogens (tertiary/aromatic N) is 2. The van der Waals surface area contributed by atoms with Gasteiger partial charge in [-0.05, 0) is 6.07 Å². The smallest absolute Gasteiger partial charge is 0.233 e. The SMILES string of the molecule is FC(F)(F)Cc1ccnc(C(F)(F)F)n1.